The van der Waals surface area contributed by atoms with Gasteiger partial charge >= 0.3 is 0 Å². The van der Waals surface area contributed by atoms with Gasteiger partial charge in [-0.3, -0.25) is 0 Å². The SMILES string of the molecule is Fc1ccc(CNCc2cn(Cc3c(Cl)cccc3Cl)c3ccccc23)cc1. The van der Waals surface area contributed by atoms with Crippen molar-refractivity contribution >= 4 is 34.1 Å². The van der Waals surface area contributed by atoms with Crippen molar-refractivity contribution in [2.75, 3.05) is 0 Å². The van der Waals surface area contributed by atoms with Crippen LogP contribution in [0.4, 0.5) is 4.39 Å². The molecule has 4 aromatic rings. The number of nitrogens with one attached hydrogen (secondary N) is 1. The fourth-order valence-corrected chi connectivity index (χ4v) is 3.91. The molecule has 28 heavy (non-hydrogen) atoms. The lowest BCUT2D eigenvalue weighted by Gasteiger charge is -2.09. The Hall–Kier alpha value is -2.33. The van der Waals surface area contributed by atoms with Crippen molar-refractivity contribution in [3.63, 3.8) is 0 Å². The number of aromatic nitrogens is 1. The second-order valence-electron chi connectivity index (χ2n) is 6.73. The van der Waals surface area contributed by atoms with Crippen molar-refractivity contribution in [3.8, 4) is 0 Å². The molecule has 0 aliphatic rings. The molecule has 3 aromatic carbocycles. The predicted molar refractivity (Wildman–Crippen MR) is 114 cm³/mol. The van der Waals surface area contributed by atoms with E-state index in [1.165, 1.54) is 23.1 Å². The lowest BCUT2D eigenvalue weighted by molar-refractivity contribution is 0.625. The number of hydrogen-bond acceptors (Lipinski definition) is 1. The maximum absolute atomic E-state index is 13.0. The average molecular weight is 413 g/mol. The van der Waals surface area contributed by atoms with Gasteiger partial charge in [0, 0.05) is 45.8 Å². The molecule has 0 bridgehead atoms. The number of nitrogens with zero attached hydrogens (tertiary/aromatic N) is 1. The molecule has 2 nitrogen and oxygen atoms in total. The molecule has 0 atom stereocenters. The van der Waals surface area contributed by atoms with Crippen molar-refractivity contribution in [2.24, 2.45) is 0 Å². The Morgan fingerprint density at radius 1 is 0.821 bits per heavy atom. The fourth-order valence-electron chi connectivity index (χ4n) is 3.39. The summed E-state index contributed by atoms with van der Waals surface area (Å²) in [6.45, 7) is 1.99. The summed E-state index contributed by atoms with van der Waals surface area (Å²) in [6.07, 6.45) is 2.14. The highest BCUT2D eigenvalue weighted by molar-refractivity contribution is 6.36. The highest BCUT2D eigenvalue weighted by atomic mass is 35.5. The van der Waals surface area contributed by atoms with E-state index in [1.54, 1.807) is 12.1 Å². The van der Waals surface area contributed by atoms with Gasteiger partial charge in [0.15, 0.2) is 0 Å². The summed E-state index contributed by atoms with van der Waals surface area (Å²) in [5.74, 6) is -0.218. The topological polar surface area (TPSA) is 17.0 Å². The highest BCUT2D eigenvalue weighted by Crippen LogP contribution is 2.28. The van der Waals surface area contributed by atoms with Crippen molar-refractivity contribution in [3.05, 3.63) is 105 Å². The number of hydrogen-bond donors (Lipinski definition) is 1. The first-order valence-corrected chi connectivity index (χ1v) is 9.82. The molecule has 5 heteroatoms. The lowest BCUT2D eigenvalue weighted by Crippen LogP contribution is -2.12. The Morgan fingerprint density at radius 2 is 1.54 bits per heavy atom. The standard InChI is InChI=1S/C23H19Cl2FN2/c24-21-5-3-6-22(25)20(21)15-28-14-17(19-4-1-2-7-23(19)28)13-27-12-16-8-10-18(26)11-9-16/h1-11,14,27H,12-13,15H2. The molecule has 142 valence electrons. The van der Waals surface area contributed by atoms with Gasteiger partial charge in [0.1, 0.15) is 5.82 Å². The lowest BCUT2D eigenvalue weighted by atomic mass is 10.1. The van der Waals surface area contributed by atoms with E-state index in [-0.39, 0.29) is 5.82 Å². The van der Waals surface area contributed by atoms with E-state index in [0.29, 0.717) is 29.7 Å². The first-order valence-electron chi connectivity index (χ1n) is 9.06. The minimum absolute atomic E-state index is 0.218. The Kier molecular flexibility index (Phi) is 5.67. The summed E-state index contributed by atoms with van der Waals surface area (Å²) < 4.78 is 15.2. The van der Waals surface area contributed by atoms with Crippen molar-refractivity contribution in [2.45, 2.75) is 19.6 Å². The summed E-state index contributed by atoms with van der Waals surface area (Å²) >= 11 is 12.7. The van der Waals surface area contributed by atoms with Crippen LogP contribution in [0.5, 0.6) is 0 Å². The van der Waals surface area contributed by atoms with Crippen LogP contribution in [0, 0.1) is 5.82 Å². The molecule has 0 amide bonds. The normalized spacial score (nSPS) is 11.2. The summed E-state index contributed by atoms with van der Waals surface area (Å²) in [7, 11) is 0. The molecule has 0 aliphatic heterocycles. The van der Waals surface area contributed by atoms with E-state index in [1.807, 2.05) is 30.3 Å². The minimum atomic E-state index is -0.218. The predicted octanol–water partition coefficient (Wildman–Crippen LogP) is 6.43. The average Bonchev–Trinajstić information content (AvgIpc) is 3.04. The third-order valence-corrected chi connectivity index (χ3v) is 5.53. The van der Waals surface area contributed by atoms with E-state index in [0.717, 1.165) is 16.6 Å². The van der Waals surface area contributed by atoms with Gasteiger partial charge in [0.05, 0.1) is 6.54 Å². The molecule has 1 aromatic heterocycles. The molecule has 0 aliphatic carbocycles. The van der Waals surface area contributed by atoms with Crippen LogP contribution in [0.15, 0.2) is 72.9 Å². The molecular weight excluding hydrogens is 394 g/mol. The van der Waals surface area contributed by atoms with Gasteiger partial charge in [0.2, 0.25) is 0 Å². The van der Waals surface area contributed by atoms with E-state index < -0.39 is 0 Å². The molecule has 0 radical (unpaired) electrons. The maximum atomic E-state index is 13.0. The van der Waals surface area contributed by atoms with Gasteiger partial charge in [-0.25, -0.2) is 4.39 Å². The summed E-state index contributed by atoms with van der Waals surface area (Å²) in [5.41, 5.74) is 4.29. The maximum Gasteiger partial charge on any atom is 0.123 e. The van der Waals surface area contributed by atoms with E-state index >= 15 is 0 Å². The number of para-hydroxylation sites is 1. The number of rotatable bonds is 6. The Labute approximate surface area is 173 Å². The molecule has 0 saturated carbocycles. The van der Waals surface area contributed by atoms with Crippen molar-refractivity contribution < 1.29 is 4.39 Å². The first-order chi connectivity index (χ1) is 13.6. The summed E-state index contributed by atoms with van der Waals surface area (Å²) in [5, 5.41) is 5.97. The Bertz CT molecular complexity index is 1080. The van der Waals surface area contributed by atoms with Crippen LogP contribution in [-0.4, -0.2) is 4.57 Å². The molecule has 1 heterocycles. The Morgan fingerprint density at radius 3 is 2.29 bits per heavy atom. The minimum Gasteiger partial charge on any atom is -0.343 e. The Balaban J connectivity index is 1.57. The van der Waals surface area contributed by atoms with Crippen LogP contribution in [0.25, 0.3) is 10.9 Å². The number of benzene rings is 3. The van der Waals surface area contributed by atoms with E-state index in [4.69, 9.17) is 23.2 Å². The van der Waals surface area contributed by atoms with Crippen LogP contribution >= 0.6 is 23.2 Å². The van der Waals surface area contributed by atoms with E-state index in [2.05, 4.69) is 28.2 Å². The van der Waals surface area contributed by atoms with Crippen LogP contribution in [-0.2, 0) is 19.6 Å². The van der Waals surface area contributed by atoms with Crippen molar-refractivity contribution in [1.29, 1.82) is 0 Å². The smallest absolute Gasteiger partial charge is 0.123 e. The highest BCUT2D eigenvalue weighted by Gasteiger charge is 2.11. The van der Waals surface area contributed by atoms with Crippen LogP contribution in [0.3, 0.4) is 0 Å². The zero-order chi connectivity index (χ0) is 19.5. The zero-order valence-electron chi connectivity index (χ0n) is 15.1. The van der Waals surface area contributed by atoms with Gasteiger partial charge in [-0.15, -0.1) is 0 Å². The van der Waals surface area contributed by atoms with Gasteiger partial charge < -0.3 is 9.88 Å². The quantitative estimate of drug-likeness (QED) is 0.386. The fraction of sp³-hybridized carbons (Fsp3) is 0.130. The third kappa shape index (κ3) is 4.07. The monoisotopic (exact) mass is 412 g/mol. The summed E-state index contributed by atoms with van der Waals surface area (Å²) in [6, 6.07) is 20.4. The third-order valence-electron chi connectivity index (χ3n) is 4.82. The van der Waals surface area contributed by atoms with Crippen molar-refractivity contribution in [1.82, 2.24) is 9.88 Å². The largest absolute Gasteiger partial charge is 0.343 e. The molecule has 0 saturated heterocycles. The van der Waals surface area contributed by atoms with Crippen LogP contribution in [0.1, 0.15) is 16.7 Å². The summed E-state index contributed by atoms with van der Waals surface area (Å²) in [4.78, 5) is 0. The molecule has 1 N–H and O–H groups in total. The van der Waals surface area contributed by atoms with Gasteiger partial charge in [-0.1, -0.05) is 59.6 Å². The molecule has 0 fully saturated rings. The first kappa shape index (κ1) is 19.0. The second-order valence-corrected chi connectivity index (χ2v) is 7.54. The number of halogens is 3. The second kappa shape index (κ2) is 8.36. The molecule has 0 spiro atoms. The molecular formula is C23H19Cl2FN2. The van der Waals surface area contributed by atoms with Gasteiger partial charge in [-0.05, 0) is 41.5 Å². The van der Waals surface area contributed by atoms with E-state index in [9.17, 15) is 4.39 Å². The van der Waals surface area contributed by atoms with Gasteiger partial charge in [0.25, 0.3) is 0 Å². The van der Waals surface area contributed by atoms with Crippen LogP contribution in [0.2, 0.25) is 10.0 Å². The zero-order valence-corrected chi connectivity index (χ0v) is 16.6. The molecule has 4 rings (SSSR count). The number of fused-ring (bicyclic) bond motifs is 1. The molecule has 0 unspecified atom stereocenters. The van der Waals surface area contributed by atoms with Crippen LogP contribution < -0.4 is 5.32 Å². The van der Waals surface area contributed by atoms with Gasteiger partial charge in [-0.2, -0.15) is 0 Å².